The highest BCUT2D eigenvalue weighted by molar-refractivity contribution is 5.90. The Morgan fingerprint density at radius 1 is 1.50 bits per heavy atom. The molecule has 0 aliphatic rings. The van der Waals surface area contributed by atoms with Gasteiger partial charge in [0.05, 0.1) is 6.54 Å². The van der Waals surface area contributed by atoms with E-state index in [-0.39, 0.29) is 23.7 Å². The highest BCUT2D eigenvalue weighted by Gasteiger charge is 2.21. The van der Waals surface area contributed by atoms with Crippen molar-refractivity contribution in [1.29, 1.82) is 0 Å². The SMILES string of the molecule is CC(C)(C)c1nc(C(=O)NCc2ncon2)n[nH]1. The summed E-state index contributed by atoms with van der Waals surface area (Å²) in [4.78, 5) is 19.7. The minimum Gasteiger partial charge on any atom is -0.343 e. The topological polar surface area (TPSA) is 110 Å². The number of amides is 1. The van der Waals surface area contributed by atoms with Crippen molar-refractivity contribution >= 4 is 5.91 Å². The highest BCUT2D eigenvalue weighted by Crippen LogP contribution is 2.17. The van der Waals surface area contributed by atoms with Gasteiger partial charge in [-0.3, -0.25) is 9.89 Å². The van der Waals surface area contributed by atoms with Gasteiger partial charge in [-0.1, -0.05) is 25.9 Å². The second kappa shape index (κ2) is 4.55. The monoisotopic (exact) mass is 250 g/mol. The van der Waals surface area contributed by atoms with Crippen molar-refractivity contribution in [3.05, 3.63) is 23.9 Å². The molecule has 8 heteroatoms. The quantitative estimate of drug-likeness (QED) is 0.816. The van der Waals surface area contributed by atoms with Crippen molar-refractivity contribution in [2.75, 3.05) is 0 Å². The lowest BCUT2D eigenvalue weighted by Gasteiger charge is -2.12. The molecule has 0 bridgehead atoms. The van der Waals surface area contributed by atoms with Crippen LogP contribution >= 0.6 is 0 Å². The molecule has 0 radical (unpaired) electrons. The zero-order valence-electron chi connectivity index (χ0n) is 10.4. The summed E-state index contributed by atoms with van der Waals surface area (Å²) in [6.07, 6.45) is 1.20. The van der Waals surface area contributed by atoms with E-state index in [4.69, 9.17) is 0 Å². The lowest BCUT2D eigenvalue weighted by molar-refractivity contribution is 0.0939. The molecule has 8 nitrogen and oxygen atoms in total. The minimum atomic E-state index is -0.383. The van der Waals surface area contributed by atoms with E-state index >= 15 is 0 Å². The molecule has 2 heterocycles. The number of carbonyl (C=O) groups is 1. The number of nitrogens with zero attached hydrogens (tertiary/aromatic N) is 4. The first-order chi connectivity index (χ1) is 8.47. The van der Waals surface area contributed by atoms with Crippen LogP contribution in [0.2, 0.25) is 0 Å². The van der Waals surface area contributed by atoms with E-state index in [1.807, 2.05) is 20.8 Å². The van der Waals surface area contributed by atoms with Crippen LogP contribution in [-0.4, -0.2) is 31.2 Å². The van der Waals surface area contributed by atoms with Crippen molar-refractivity contribution in [3.8, 4) is 0 Å². The largest absolute Gasteiger partial charge is 0.343 e. The lowest BCUT2D eigenvalue weighted by atomic mass is 9.96. The van der Waals surface area contributed by atoms with Crippen LogP contribution in [0.3, 0.4) is 0 Å². The van der Waals surface area contributed by atoms with Crippen molar-refractivity contribution < 1.29 is 9.32 Å². The molecule has 0 aromatic carbocycles. The summed E-state index contributed by atoms with van der Waals surface area (Å²) < 4.78 is 4.55. The number of H-pyrrole nitrogens is 1. The van der Waals surface area contributed by atoms with E-state index in [0.717, 1.165) is 0 Å². The summed E-state index contributed by atoms with van der Waals surface area (Å²) in [5.41, 5.74) is -0.181. The molecule has 2 aromatic rings. The van der Waals surface area contributed by atoms with Gasteiger partial charge in [0.1, 0.15) is 5.82 Å². The summed E-state index contributed by atoms with van der Waals surface area (Å²) in [7, 11) is 0. The molecular formula is C10H14N6O2. The maximum atomic E-state index is 11.7. The predicted octanol–water partition coefficient (Wildman–Crippen LogP) is 0.415. The molecule has 0 fully saturated rings. The molecular weight excluding hydrogens is 236 g/mol. The second-order valence-corrected chi connectivity index (χ2v) is 4.79. The third-order valence-electron chi connectivity index (χ3n) is 2.21. The van der Waals surface area contributed by atoms with E-state index in [2.05, 4.69) is 35.2 Å². The van der Waals surface area contributed by atoms with Gasteiger partial charge >= 0.3 is 0 Å². The Kier molecular flexibility index (Phi) is 3.09. The van der Waals surface area contributed by atoms with Crippen LogP contribution in [0.15, 0.2) is 10.9 Å². The summed E-state index contributed by atoms with van der Waals surface area (Å²) in [6.45, 7) is 6.12. The van der Waals surface area contributed by atoms with Crippen molar-refractivity contribution in [1.82, 2.24) is 30.6 Å². The third kappa shape index (κ3) is 2.70. The number of aromatic nitrogens is 5. The smallest absolute Gasteiger partial charge is 0.291 e. The Balaban J connectivity index is 1.99. The maximum Gasteiger partial charge on any atom is 0.291 e. The van der Waals surface area contributed by atoms with Gasteiger partial charge in [-0.15, -0.1) is 5.10 Å². The first-order valence-electron chi connectivity index (χ1n) is 5.43. The van der Waals surface area contributed by atoms with E-state index in [1.54, 1.807) is 0 Å². The first-order valence-corrected chi connectivity index (χ1v) is 5.43. The summed E-state index contributed by atoms with van der Waals surface area (Å²) >= 11 is 0. The van der Waals surface area contributed by atoms with E-state index < -0.39 is 0 Å². The molecule has 0 saturated carbocycles. The number of carbonyl (C=O) groups excluding carboxylic acids is 1. The van der Waals surface area contributed by atoms with Gasteiger partial charge in [-0.25, -0.2) is 4.98 Å². The molecule has 0 aliphatic carbocycles. The van der Waals surface area contributed by atoms with Gasteiger partial charge in [-0.05, 0) is 0 Å². The van der Waals surface area contributed by atoms with Crippen LogP contribution in [0, 0.1) is 0 Å². The van der Waals surface area contributed by atoms with Gasteiger partial charge in [0.15, 0.2) is 5.82 Å². The molecule has 0 saturated heterocycles. The molecule has 18 heavy (non-hydrogen) atoms. The molecule has 96 valence electrons. The Hall–Kier alpha value is -2.25. The van der Waals surface area contributed by atoms with E-state index in [1.165, 1.54) is 6.39 Å². The fraction of sp³-hybridized carbons (Fsp3) is 0.500. The normalized spacial score (nSPS) is 11.5. The fourth-order valence-electron chi connectivity index (χ4n) is 1.21. The summed E-state index contributed by atoms with van der Waals surface area (Å²) in [5.74, 6) is 0.775. The molecule has 1 amide bonds. The molecule has 2 N–H and O–H groups in total. The fourth-order valence-corrected chi connectivity index (χ4v) is 1.21. The average Bonchev–Trinajstić information content (AvgIpc) is 2.96. The number of hydrogen-bond donors (Lipinski definition) is 2. The standard InChI is InChI=1S/C10H14N6O2/c1-10(2,3)9-13-7(14-15-9)8(17)11-4-6-12-5-18-16-6/h5H,4H2,1-3H3,(H,11,17)(H,13,14,15). The summed E-state index contributed by atoms with van der Waals surface area (Å²) in [5, 5.41) is 12.8. The van der Waals surface area contributed by atoms with Crippen LogP contribution < -0.4 is 5.32 Å². The Morgan fingerprint density at radius 3 is 2.83 bits per heavy atom. The number of nitrogens with one attached hydrogen (secondary N) is 2. The van der Waals surface area contributed by atoms with Gasteiger partial charge in [-0.2, -0.15) is 4.98 Å². The van der Waals surface area contributed by atoms with Crippen LogP contribution in [0.4, 0.5) is 0 Å². The Bertz CT molecular complexity index is 525. The second-order valence-electron chi connectivity index (χ2n) is 4.79. The molecule has 0 atom stereocenters. The average molecular weight is 250 g/mol. The van der Waals surface area contributed by atoms with Gasteiger partial charge in [0.2, 0.25) is 12.2 Å². The predicted molar refractivity (Wildman–Crippen MR) is 60.6 cm³/mol. The molecule has 0 aliphatic heterocycles. The first kappa shape index (κ1) is 12.2. The molecule has 0 unspecified atom stereocenters. The number of hydrogen-bond acceptors (Lipinski definition) is 6. The molecule has 2 aromatic heterocycles. The van der Waals surface area contributed by atoms with Gasteiger partial charge < -0.3 is 9.84 Å². The third-order valence-corrected chi connectivity index (χ3v) is 2.21. The zero-order chi connectivity index (χ0) is 13.2. The van der Waals surface area contributed by atoms with Gasteiger partial charge in [0, 0.05) is 5.41 Å². The Morgan fingerprint density at radius 2 is 2.28 bits per heavy atom. The Labute approximate surface area is 103 Å². The van der Waals surface area contributed by atoms with E-state index in [9.17, 15) is 4.79 Å². The summed E-state index contributed by atoms with van der Waals surface area (Å²) in [6, 6.07) is 0. The molecule has 2 rings (SSSR count). The van der Waals surface area contributed by atoms with Crippen molar-refractivity contribution in [3.63, 3.8) is 0 Å². The van der Waals surface area contributed by atoms with Crippen molar-refractivity contribution in [2.24, 2.45) is 0 Å². The maximum absolute atomic E-state index is 11.7. The number of rotatable bonds is 3. The van der Waals surface area contributed by atoms with Crippen LogP contribution in [0.1, 0.15) is 43.0 Å². The highest BCUT2D eigenvalue weighted by atomic mass is 16.5. The zero-order valence-corrected chi connectivity index (χ0v) is 10.4. The van der Waals surface area contributed by atoms with E-state index in [0.29, 0.717) is 11.6 Å². The van der Waals surface area contributed by atoms with Crippen LogP contribution in [-0.2, 0) is 12.0 Å². The molecule has 0 spiro atoms. The van der Waals surface area contributed by atoms with Crippen LogP contribution in [0.25, 0.3) is 0 Å². The van der Waals surface area contributed by atoms with Crippen molar-refractivity contribution in [2.45, 2.75) is 32.7 Å². The lowest BCUT2D eigenvalue weighted by Crippen LogP contribution is -2.24. The number of aromatic amines is 1. The van der Waals surface area contributed by atoms with Crippen LogP contribution in [0.5, 0.6) is 0 Å². The van der Waals surface area contributed by atoms with Gasteiger partial charge in [0.25, 0.3) is 5.91 Å². The minimum absolute atomic E-state index is 0.100.